The highest BCUT2D eigenvalue weighted by Gasteiger charge is 2.39. The number of ether oxygens (including phenoxy) is 1. The number of benzene rings is 2. The summed E-state index contributed by atoms with van der Waals surface area (Å²) in [4.78, 5) is 13.6. The lowest BCUT2D eigenvalue weighted by Crippen LogP contribution is -2.34. The van der Waals surface area contributed by atoms with Crippen molar-refractivity contribution in [2.45, 2.75) is 30.9 Å². The topological polar surface area (TPSA) is 104 Å². The number of tetrazole rings is 1. The second-order valence-corrected chi connectivity index (χ2v) is 7.69. The van der Waals surface area contributed by atoms with Crippen LogP contribution in [0.25, 0.3) is 11.4 Å². The number of hydrogen-bond acceptors (Lipinski definition) is 6. The number of amides is 1. The van der Waals surface area contributed by atoms with Gasteiger partial charge < -0.3 is 9.84 Å². The van der Waals surface area contributed by atoms with E-state index in [0.29, 0.717) is 25.2 Å². The van der Waals surface area contributed by atoms with Crippen LogP contribution < -0.4 is 0 Å². The van der Waals surface area contributed by atoms with E-state index in [1.165, 1.54) is 35.2 Å². The Bertz CT molecular complexity index is 1080. The van der Waals surface area contributed by atoms with Crippen LogP contribution in [0.15, 0.2) is 66.7 Å². The molecule has 4 rings (SSSR count). The van der Waals surface area contributed by atoms with E-state index in [9.17, 15) is 18.7 Å². The van der Waals surface area contributed by atoms with Crippen LogP contribution in [0.1, 0.15) is 17.5 Å². The molecule has 1 saturated heterocycles. The summed E-state index contributed by atoms with van der Waals surface area (Å²) >= 11 is 0. The molecule has 3 aromatic rings. The van der Waals surface area contributed by atoms with Gasteiger partial charge >= 0.3 is 12.0 Å². The van der Waals surface area contributed by atoms with Crippen molar-refractivity contribution in [1.82, 2.24) is 25.5 Å². The summed E-state index contributed by atoms with van der Waals surface area (Å²) in [6, 6.07) is 14.3. The van der Waals surface area contributed by atoms with E-state index in [-0.39, 0.29) is 12.2 Å². The molecule has 172 valence electrons. The Morgan fingerprint density at radius 1 is 1.21 bits per heavy atom. The van der Waals surface area contributed by atoms with Gasteiger partial charge in [0.2, 0.25) is 5.82 Å². The standard InChI is InChI=1S/C23H23F2N5O3/c24-23(25,18-6-2-1-3-7-18)20(31)13-12-19-15-33-22(32)30(19)14-4-5-16-8-10-17(11-9-16)21-26-28-29-27-21/h1-3,6-13,19-20,31H,4-5,14-15H2,(H,26,27,28,29)/b13-12+. The molecule has 0 spiro atoms. The fourth-order valence-corrected chi connectivity index (χ4v) is 3.63. The number of cyclic esters (lactones) is 1. The largest absolute Gasteiger partial charge is 0.447 e. The van der Waals surface area contributed by atoms with E-state index in [2.05, 4.69) is 20.6 Å². The highest BCUT2D eigenvalue weighted by molar-refractivity contribution is 5.70. The zero-order chi connectivity index (χ0) is 23.3. The Morgan fingerprint density at radius 2 is 1.97 bits per heavy atom. The van der Waals surface area contributed by atoms with E-state index >= 15 is 0 Å². The van der Waals surface area contributed by atoms with Crippen molar-refractivity contribution < 1.29 is 23.4 Å². The number of aromatic amines is 1. The number of halogens is 2. The van der Waals surface area contributed by atoms with E-state index in [1.807, 2.05) is 24.3 Å². The summed E-state index contributed by atoms with van der Waals surface area (Å²) in [7, 11) is 0. The number of hydrogen-bond donors (Lipinski definition) is 2. The first kappa shape index (κ1) is 22.5. The van der Waals surface area contributed by atoms with Crippen LogP contribution in [-0.2, 0) is 17.1 Å². The van der Waals surface area contributed by atoms with Crippen LogP contribution in [0.5, 0.6) is 0 Å². The van der Waals surface area contributed by atoms with Crippen molar-refractivity contribution >= 4 is 6.09 Å². The van der Waals surface area contributed by atoms with Crippen molar-refractivity contribution in [3.63, 3.8) is 0 Å². The predicted molar refractivity (Wildman–Crippen MR) is 115 cm³/mol. The van der Waals surface area contributed by atoms with Gasteiger partial charge in [-0.3, -0.25) is 4.90 Å². The van der Waals surface area contributed by atoms with Gasteiger partial charge in [0.25, 0.3) is 0 Å². The first-order valence-corrected chi connectivity index (χ1v) is 10.5. The quantitative estimate of drug-likeness (QED) is 0.480. The van der Waals surface area contributed by atoms with Crippen LogP contribution in [0.3, 0.4) is 0 Å². The number of alkyl halides is 2. The molecule has 1 aromatic heterocycles. The Labute approximate surface area is 188 Å². The van der Waals surface area contributed by atoms with Gasteiger partial charge in [0.05, 0.1) is 6.04 Å². The van der Waals surface area contributed by atoms with Crippen molar-refractivity contribution in [3.05, 3.63) is 77.9 Å². The van der Waals surface area contributed by atoms with E-state index in [4.69, 9.17) is 4.74 Å². The zero-order valence-electron chi connectivity index (χ0n) is 17.6. The first-order chi connectivity index (χ1) is 15.9. The summed E-state index contributed by atoms with van der Waals surface area (Å²) in [5.74, 6) is -2.93. The molecule has 1 aliphatic rings. The molecule has 0 saturated carbocycles. The molecule has 33 heavy (non-hydrogen) atoms. The maximum absolute atomic E-state index is 14.5. The van der Waals surface area contributed by atoms with Crippen LogP contribution >= 0.6 is 0 Å². The van der Waals surface area contributed by atoms with Gasteiger partial charge in [-0.2, -0.15) is 14.0 Å². The van der Waals surface area contributed by atoms with Gasteiger partial charge in [-0.25, -0.2) is 4.79 Å². The number of aliphatic hydroxyl groups is 1. The number of aliphatic hydroxyl groups excluding tert-OH is 1. The molecule has 2 N–H and O–H groups in total. The number of rotatable bonds is 9. The Balaban J connectivity index is 1.32. The number of H-pyrrole nitrogens is 1. The Kier molecular flexibility index (Phi) is 6.74. The lowest BCUT2D eigenvalue weighted by Gasteiger charge is -2.22. The van der Waals surface area contributed by atoms with Crippen molar-refractivity contribution in [3.8, 4) is 11.4 Å². The first-order valence-electron chi connectivity index (χ1n) is 10.5. The minimum atomic E-state index is -3.44. The summed E-state index contributed by atoms with van der Waals surface area (Å²) in [6.45, 7) is 0.448. The number of aryl methyl sites for hydroxylation is 1. The highest BCUT2D eigenvalue weighted by Crippen LogP contribution is 2.32. The molecule has 2 aromatic carbocycles. The molecule has 2 unspecified atom stereocenters. The average Bonchev–Trinajstić information content (AvgIpc) is 3.49. The van der Waals surface area contributed by atoms with Gasteiger partial charge in [-0.15, -0.1) is 10.2 Å². The number of nitrogens with zero attached hydrogens (tertiary/aromatic N) is 4. The molecule has 0 radical (unpaired) electrons. The Morgan fingerprint density at radius 3 is 2.67 bits per heavy atom. The molecule has 8 nitrogen and oxygen atoms in total. The number of carbonyl (C=O) groups excluding carboxylic acids is 1. The number of nitrogens with one attached hydrogen (secondary N) is 1. The van der Waals surface area contributed by atoms with Crippen LogP contribution in [0, 0.1) is 0 Å². The molecule has 1 amide bonds. The zero-order valence-corrected chi connectivity index (χ0v) is 17.6. The monoisotopic (exact) mass is 455 g/mol. The second kappa shape index (κ2) is 9.86. The lowest BCUT2D eigenvalue weighted by atomic mass is 10.0. The normalized spacial score (nSPS) is 17.5. The third-order valence-electron chi connectivity index (χ3n) is 5.48. The van der Waals surface area contributed by atoms with Crippen LogP contribution in [0.4, 0.5) is 13.6 Å². The molecule has 0 bridgehead atoms. The summed E-state index contributed by atoms with van der Waals surface area (Å²) in [6.07, 6.45) is 1.29. The minimum absolute atomic E-state index is 0.0539. The average molecular weight is 455 g/mol. The van der Waals surface area contributed by atoms with Crippen molar-refractivity contribution in [2.75, 3.05) is 13.2 Å². The SMILES string of the molecule is O=C1OCC(/C=C/C(O)C(F)(F)c2ccccc2)N1CCCc1ccc(-c2nn[nH]n2)cc1. The van der Waals surface area contributed by atoms with E-state index in [1.54, 1.807) is 6.07 Å². The maximum atomic E-state index is 14.5. The molecule has 2 atom stereocenters. The summed E-state index contributed by atoms with van der Waals surface area (Å²) in [5, 5.41) is 23.9. The van der Waals surface area contributed by atoms with Crippen LogP contribution in [0.2, 0.25) is 0 Å². The molecular weight excluding hydrogens is 432 g/mol. The predicted octanol–water partition coefficient (Wildman–Crippen LogP) is 3.33. The fourth-order valence-electron chi connectivity index (χ4n) is 3.63. The van der Waals surface area contributed by atoms with Gasteiger partial charge in [0, 0.05) is 17.7 Å². The van der Waals surface area contributed by atoms with Gasteiger partial charge in [0.15, 0.2) is 0 Å². The molecule has 0 aliphatic carbocycles. The molecule has 1 aliphatic heterocycles. The van der Waals surface area contributed by atoms with Gasteiger partial charge in [0.1, 0.15) is 12.7 Å². The highest BCUT2D eigenvalue weighted by atomic mass is 19.3. The van der Waals surface area contributed by atoms with Crippen LogP contribution in [-0.4, -0.2) is 62.0 Å². The smallest absolute Gasteiger partial charge is 0.410 e. The fraction of sp³-hybridized carbons (Fsp3) is 0.304. The summed E-state index contributed by atoms with van der Waals surface area (Å²) in [5.41, 5.74) is 1.63. The van der Waals surface area contributed by atoms with Gasteiger partial charge in [-0.05, 0) is 23.6 Å². The third kappa shape index (κ3) is 5.23. The third-order valence-corrected chi connectivity index (χ3v) is 5.48. The van der Waals surface area contributed by atoms with E-state index < -0.39 is 24.2 Å². The van der Waals surface area contributed by atoms with Crippen molar-refractivity contribution in [1.29, 1.82) is 0 Å². The molecular formula is C23H23F2N5O3. The van der Waals surface area contributed by atoms with Gasteiger partial charge in [-0.1, -0.05) is 66.7 Å². The van der Waals surface area contributed by atoms with E-state index in [0.717, 1.165) is 17.2 Å². The number of carbonyl (C=O) groups is 1. The molecule has 2 heterocycles. The maximum Gasteiger partial charge on any atom is 0.410 e. The minimum Gasteiger partial charge on any atom is -0.447 e. The summed E-state index contributed by atoms with van der Waals surface area (Å²) < 4.78 is 34.0. The number of aromatic nitrogens is 4. The second-order valence-electron chi connectivity index (χ2n) is 7.69. The Hall–Kier alpha value is -3.66. The molecule has 1 fully saturated rings. The van der Waals surface area contributed by atoms with Crippen molar-refractivity contribution in [2.24, 2.45) is 0 Å². The lowest BCUT2D eigenvalue weighted by molar-refractivity contribution is -0.0929. The molecule has 10 heteroatoms.